The van der Waals surface area contributed by atoms with Gasteiger partial charge in [0, 0.05) is 24.3 Å². The number of hydrogen-bond donors (Lipinski definition) is 3. The molecule has 0 saturated heterocycles. The van der Waals surface area contributed by atoms with Gasteiger partial charge in [0.1, 0.15) is 0 Å². The molecule has 0 atom stereocenters. The standard InChI is InChI=1S/C19H24O13/c1-5-13(23)28-17(29-14(24)6-2)19(30-15(25)7-3,31-16(26)8-4)32-27-12-18(9-20,10-21)11-22/h5-8,17,20-22H,1-4,9-12H2. The van der Waals surface area contributed by atoms with Crippen molar-refractivity contribution in [2.45, 2.75) is 12.3 Å². The van der Waals surface area contributed by atoms with E-state index in [-0.39, 0.29) is 0 Å². The lowest BCUT2D eigenvalue weighted by molar-refractivity contribution is -0.522. The maximum atomic E-state index is 11.9. The van der Waals surface area contributed by atoms with Gasteiger partial charge in [0.05, 0.1) is 31.8 Å². The van der Waals surface area contributed by atoms with Crippen LogP contribution in [0.2, 0.25) is 0 Å². The highest BCUT2D eigenvalue weighted by Crippen LogP contribution is 2.28. The van der Waals surface area contributed by atoms with E-state index in [0.717, 1.165) is 0 Å². The van der Waals surface area contributed by atoms with Crippen molar-refractivity contribution >= 4 is 23.9 Å². The highest BCUT2D eigenvalue weighted by Gasteiger charge is 2.56. The highest BCUT2D eigenvalue weighted by atomic mass is 17.3. The van der Waals surface area contributed by atoms with Crippen molar-refractivity contribution in [2.75, 3.05) is 26.4 Å². The summed E-state index contributed by atoms with van der Waals surface area (Å²) in [4.78, 5) is 57.0. The van der Waals surface area contributed by atoms with Crippen LogP contribution in [0.5, 0.6) is 0 Å². The van der Waals surface area contributed by atoms with Crippen molar-refractivity contribution in [2.24, 2.45) is 5.41 Å². The maximum absolute atomic E-state index is 11.9. The fourth-order valence-corrected chi connectivity index (χ4v) is 1.55. The van der Waals surface area contributed by atoms with E-state index in [0.29, 0.717) is 24.3 Å². The summed E-state index contributed by atoms with van der Waals surface area (Å²) < 4.78 is 19.2. The van der Waals surface area contributed by atoms with Crippen LogP contribution >= 0.6 is 0 Å². The zero-order chi connectivity index (χ0) is 24.8. The predicted octanol–water partition coefficient (Wildman–Crippen LogP) is -1.21. The minimum atomic E-state index is -3.25. The second kappa shape index (κ2) is 13.8. The number of hydrogen-bond acceptors (Lipinski definition) is 13. The van der Waals surface area contributed by atoms with Crippen LogP contribution in [-0.2, 0) is 47.9 Å². The Balaban J connectivity index is 6.37. The molecule has 0 aromatic carbocycles. The summed E-state index contributed by atoms with van der Waals surface area (Å²) in [6.07, 6.45) is -0.0428. The van der Waals surface area contributed by atoms with E-state index in [1.165, 1.54) is 0 Å². The number of carbonyl (C=O) groups is 4. The lowest BCUT2D eigenvalue weighted by Gasteiger charge is -2.35. The molecule has 0 aliphatic heterocycles. The van der Waals surface area contributed by atoms with Gasteiger partial charge in [-0.1, -0.05) is 26.3 Å². The largest absolute Gasteiger partial charge is 0.482 e. The molecule has 13 heteroatoms. The number of aliphatic hydroxyl groups excluding tert-OH is 3. The predicted molar refractivity (Wildman–Crippen MR) is 102 cm³/mol. The van der Waals surface area contributed by atoms with E-state index in [9.17, 15) is 34.5 Å². The second-order valence-corrected chi connectivity index (χ2v) is 5.79. The monoisotopic (exact) mass is 460 g/mol. The van der Waals surface area contributed by atoms with E-state index in [2.05, 4.69) is 26.3 Å². The van der Waals surface area contributed by atoms with Gasteiger partial charge < -0.3 is 34.3 Å². The van der Waals surface area contributed by atoms with E-state index >= 15 is 0 Å². The van der Waals surface area contributed by atoms with Gasteiger partial charge in [0.2, 0.25) is 0 Å². The number of rotatable bonds is 16. The molecule has 0 spiro atoms. The van der Waals surface area contributed by atoms with E-state index in [1.807, 2.05) is 0 Å². The third-order valence-corrected chi connectivity index (χ3v) is 3.43. The van der Waals surface area contributed by atoms with Crippen LogP contribution in [0.1, 0.15) is 0 Å². The summed E-state index contributed by atoms with van der Waals surface area (Å²) in [6.45, 7) is 9.38. The minimum Gasteiger partial charge on any atom is -0.411 e. The number of esters is 4. The molecule has 13 nitrogen and oxygen atoms in total. The molecular formula is C19H24O13. The van der Waals surface area contributed by atoms with Gasteiger partial charge in [-0.25, -0.2) is 24.1 Å². The van der Waals surface area contributed by atoms with Crippen molar-refractivity contribution in [3.63, 3.8) is 0 Å². The first kappa shape index (κ1) is 28.6. The molecule has 0 rings (SSSR count). The summed E-state index contributed by atoms with van der Waals surface area (Å²) in [5.41, 5.74) is -1.66. The summed E-state index contributed by atoms with van der Waals surface area (Å²) in [5.74, 6) is -8.42. The van der Waals surface area contributed by atoms with Crippen LogP contribution in [0.4, 0.5) is 0 Å². The molecular weight excluding hydrogens is 436 g/mol. The Bertz CT molecular complexity index is 670. The molecule has 178 valence electrons. The Morgan fingerprint density at radius 1 is 0.719 bits per heavy atom. The lowest BCUT2D eigenvalue weighted by atomic mass is 9.93. The van der Waals surface area contributed by atoms with Gasteiger partial charge in [-0.2, -0.15) is 0 Å². The van der Waals surface area contributed by atoms with Gasteiger partial charge in [0.15, 0.2) is 0 Å². The molecule has 0 radical (unpaired) electrons. The third-order valence-electron chi connectivity index (χ3n) is 3.43. The Labute approximate surface area is 182 Å². The molecule has 3 N–H and O–H groups in total. The van der Waals surface area contributed by atoms with Crippen LogP contribution in [0, 0.1) is 5.41 Å². The Hall–Kier alpha value is -3.36. The maximum Gasteiger partial charge on any atom is 0.482 e. The summed E-state index contributed by atoms with van der Waals surface area (Å²) in [5, 5.41) is 28.1. The van der Waals surface area contributed by atoms with Gasteiger partial charge in [-0.15, -0.1) is 4.89 Å². The Morgan fingerprint density at radius 2 is 1.09 bits per heavy atom. The molecule has 32 heavy (non-hydrogen) atoms. The summed E-state index contributed by atoms with van der Waals surface area (Å²) in [6, 6.07) is 0. The average molecular weight is 460 g/mol. The van der Waals surface area contributed by atoms with Crippen molar-refractivity contribution in [3.8, 4) is 0 Å². The molecule has 0 aromatic heterocycles. The number of ether oxygens (including phenoxy) is 4. The third kappa shape index (κ3) is 8.41. The molecule has 0 aliphatic rings. The SMILES string of the molecule is C=CC(=O)OC(OC(=O)C=C)C(OOCC(CO)(CO)CO)(OC(=O)C=C)OC(=O)C=C. The molecule has 0 aliphatic carbocycles. The zero-order valence-corrected chi connectivity index (χ0v) is 17.0. The molecule has 0 saturated carbocycles. The first-order chi connectivity index (χ1) is 15.1. The molecule has 0 bridgehead atoms. The first-order valence-corrected chi connectivity index (χ1v) is 8.61. The Kier molecular flexibility index (Phi) is 12.4. The van der Waals surface area contributed by atoms with E-state index in [1.54, 1.807) is 0 Å². The Morgan fingerprint density at radius 3 is 1.41 bits per heavy atom. The van der Waals surface area contributed by atoms with E-state index < -0.39 is 68.0 Å². The lowest BCUT2D eigenvalue weighted by Crippen LogP contribution is -2.56. The van der Waals surface area contributed by atoms with Crippen molar-refractivity contribution in [1.82, 2.24) is 0 Å². The van der Waals surface area contributed by atoms with Crippen LogP contribution < -0.4 is 0 Å². The normalized spacial score (nSPS) is 11.1. The average Bonchev–Trinajstić information content (AvgIpc) is 2.80. The van der Waals surface area contributed by atoms with Gasteiger partial charge in [-0.05, 0) is 0 Å². The number of carbonyl (C=O) groups excluding carboxylic acids is 4. The van der Waals surface area contributed by atoms with Crippen molar-refractivity contribution in [1.29, 1.82) is 0 Å². The molecule has 0 unspecified atom stereocenters. The van der Waals surface area contributed by atoms with Crippen LogP contribution in [0.3, 0.4) is 0 Å². The molecule has 0 fully saturated rings. The highest BCUT2D eigenvalue weighted by molar-refractivity contribution is 5.85. The van der Waals surface area contributed by atoms with Crippen LogP contribution in [0.25, 0.3) is 0 Å². The van der Waals surface area contributed by atoms with E-state index in [4.69, 9.17) is 28.7 Å². The quantitative estimate of drug-likeness (QED) is 0.0820. The van der Waals surface area contributed by atoms with Crippen LogP contribution in [-0.4, -0.2) is 77.9 Å². The van der Waals surface area contributed by atoms with Gasteiger partial charge in [0.25, 0.3) is 0 Å². The fraction of sp³-hybridized carbons (Fsp3) is 0.368. The summed E-state index contributed by atoms with van der Waals surface area (Å²) >= 11 is 0. The molecule has 0 amide bonds. The first-order valence-electron chi connectivity index (χ1n) is 8.61. The molecule has 0 aromatic rings. The van der Waals surface area contributed by atoms with Crippen LogP contribution in [0.15, 0.2) is 50.6 Å². The van der Waals surface area contributed by atoms with Crippen molar-refractivity contribution in [3.05, 3.63) is 50.6 Å². The zero-order valence-electron chi connectivity index (χ0n) is 17.0. The minimum absolute atomic E-state index is 0.584. The van der Waals surface area contributed by atoms with Crippen molar-refractivity contribution < 1.29 is 63.2 Å². The fourth-order valence-electron chi connectivity index (χ4n) is 1.55. The second-order valence-electron chi connectivity index (χ2n) is 5.79. The van der Waals surface area contributed by atoms with Gasteiger partial charge >= 0.3 is 36.1 Å². The summed E-state index contributed by atoms with van der Waals surface area (Å²) in [7, 11) is 0. The topological polar surface area (TPSA) is 184 Å². The van der Waals surface area contributed by atoms with Gasteiger partial charge in [-0.3, -0.25) is 0 Å². The number of aliphatic hydroxyl groups is 3. The smallest absolute Gasteiger partial charge is 0.411 e. The molecule has 0 heterocycles.